The van der Waals surface area contributed by atoms with Crippen LogP contribution < -0.4 is 5.46 Å². The molecule has 1 aliphatic rings. The fourth-order valence-corrected chi connectivity index (χ4v) is 1.90. The second-order valence-corrected chi connectivity index (χ2v) is 4.51. The van der Waals surface area contributed by atoms with Crippen LogP contribution in [0, 0.1) is 11.8 Å². The average molecular weight is 263 g/mol. The van der Waals surface area contributed by atoms with E-state index in [2.05, 4.69) is 11.8 Å². The monoisotopic (exact) mass is 263 g/mol. The van der Waals surface area contributed by atoms with Crippen molar-refractivity contribution in [1.82, 2.24) is 4.90 Å². The van der Waals surface area contributed by atoms with Crippen LogP contribution in [0.1, 0.15) is 12.0 Å². The van der Waals surface area contributed by atoms with Gasteiger partial charge in [0.1, 0.15) is 0 Å². The molecule has 0 radical (unpaired) electrons. The Balaban J connectivity index is 2.25. The third-order valence-corrected chi connectivity index (χ3v) is 3.06. The molecule has 98 valence electrons. The maximum Gasteiger partial charge on any atom is 0.572 e. The molecule has 2 rings (SSSR count). The number of carbonyl (C=O) groups excluding carboxylic acids is 1. The highest BCUT2D eigenvalue weighted by Gasteiger charge is 2.42. The number of carbonyl (C=O) groups is 1. The van der Waals surface area contributed by atoms with Crippen LogP contribution >= 0.6 is 0 Å². The minimum Gasteiger partial charge on any atom is -0.369 e. The Labute approximate surface area is 110 Å². The van der Waals surface area contributed by atoms with Crippen molar-refractivity contribution in [3.63, 3.8) is 0 Å². The lowest BCUT2D eigenvalue weighted by Gasteiger charge is -2.13. The van der Waals surface area contributed by atoms with E-state index in [1.807, 2.05) is 0 Å². The molecule has 0 saturated carbocycles. The zero-order valence-corrected chi connectivity index (χ0v) is 10.4. The topological polar surface area (TPSA) is 40.5 Å². The molecule has 0 bridgehead atoms. The van der Waals surface area contributed by atoms with Crippen LogP contribution in [0.5, 0.6) is 0 Å². The summed E-state index contributed by atoms with van der Waals surface area (Å²) in [7, 11) is -0.983. The van der Waals surface area contributed by atoms with Crippen molar-refractivity contribution >= 4 is 18.6 Å². The molecule has 1 fully saturated rings. The summed E-state index contributed by atoms with van der Waals surface area (Å²) in [6, 6.07) is 5.59. The Morgan fingerprint density at radius 1 is 1.47 bits per heavy atom. The van der Waals surface area contributed by atoms with Gasteiger partial charge in [-0.05, 0) is 17.6 Å². The van der Waals surface area contributed by atoms with Gasteiger partial charge < -0.3 is 10.0 Å². The van der Waals surface area contributed by atoms with Gasteiger partial charge in [0.2, 0.25) is 5.60 Å². The Morgan fingerprint density at radius 2 is 2.21 bits per heavy atom. The van der Waals surface area contributed by atoms with Gasteiger partial charge in [0.05, 0.1) is 0 Å². The number of aliphatic hydroxyl groups is 1. The van der Waals surface area contributed by atoms with E-state index in [4.69, 9.17) is 0 Å². The van der Waals surface area contributed by atoms with Crippen molar-refractivity contribution in [1.29, 1.82) is 0 Å². The summed E-state index contributed by atoms with van der Waals surface area (Å²) >= 11 is 0. The second-order valence-electron chi connectivity index (χ2n) is 4.51. The van der Waals surface area contributed by atoms with Gasteiger partial charge in [-0.2, -0.15) is 0 Å². The molecule has 1 saturated heterocycles. The fourth-order valence-electron chi connectivity index (χ4n) is 1.90. The molecule has 1 N–H and O–H groups in total. The minimum atomic E-state index is -2.57. The van der Waals surface area contributed by atoms with Crippen LogP contribution in [0.3, 0.4) is 0 Å². The number of likely N-dealkylation sites (tertiary alicyclic amines) is 1. The predicted octanol–water partition coefficient (Wildman–Crippen LogP) is 0.266. The molecular weight excluding hydrogens is 251 g/mol. The molecule has 0 aromatic heterocycles. The van der Waals surface area contributed by atoms with Crippen LogP contribution in [0.25, 0.3) is 0 Å². The maximum atomic E-state index is 12.5. The van der Waals surface area contributed by atoms with Gasteiger partial charge in [-0.3, -0.25) is 13.4 Å². The van der Waals surface area contributed by atoms with Crippen LogP contribution in [-0.4, -0.2) is 42.4 Å². The van der Waals surface area contributed by atoms with Crippen molar-refractivity contribution < 1.29 is 18.5 Å². The fraction of sp³-hybridized carbons (Fsp3) is 0.308. The summed E-state index contributed by atoms with van der Waals surface area (Å²) in [5.41, 5.74) is -1.47. The molecule has 1 amide bonds. The molecule has 19 heavy (non-hydrogen) atoms. The van der Waals surface area contributed by atoms with Crippen molar-refractivity contribution in [2.24, 2.45) is 0 Å². The first-order valence-electron chi connectivity index (χ1n) is 5.81. The van der Waals surface area contributed by atoms with Crippen molar-refractivity contribution in [3.8, 4) is 11.8 Å². The molecule has 6 heteroatoms. The summed E-state index contributed by atoms with van der Waals surface area (Å²) < 4.78 is 25.0. The molecule has 1 aromatic rings. The molecule has 0 spiro atoms. The number of likely N-dealkylation sites (N-methyl/N-ethyl adjacent to an activating group) is 1. The smallest absolute Gasteiger partial charge is 0.369 e. The quantitative estimate of drug-likeness (QED) is 0.583. The Kier molecular flexibility index (Phi) is 3.58. The Hall–Kier alpha value is -1.87. The number of hydrogen-bond donors (Lipinski definition) is 1. The highest BCUT2D eigenvalue weighted by atomic mass is 19.2. The summed E-state index contributed by atoms with van der Waals surface area (Å²) in [5, 5.41) is 10.1. The number of benzene rings is 1. The summed E-state index contributed by atoms with van der Waals surface area (Å²) in [4.78, 5) is 13.1. The largest absolute Gasteiger partial charge is 0.572 e. The second kappa shape index (κ2) is 5.02. The summed E-state index contributed by atoms with van der Waals surface area (Å²) in [5.74, 6) is 4.63. The molecule has 1 heterocycles. The minimum absolute atomic E-state index is 0.131. The third-order valence-electron chi connectivity index (χ3n) is 3.06. The van der Waals surface area contributed by atoms with Crippen molar-refractivity contribution in [2.45, 2.75) is 12.0 Å². The van der Waals surface area contributed by atoms with E-state index >= 15 is 0 Å². The van der Waals surface area contributed by atoms with Gasteiger partial charge in [0.25, 0.3) is 5.91 Å². The van der Waals surface area contributed by atoms with E-state index in [0.717, 1.165) is 0 Å². The molecule has 1 atom stereocenters. The number of amides is 1. The first kappa shape index (κ1) is 13.6. The van der Waals surface area contributed by atoms with Gasteiger partial charge in [-0.15, -0.1) is 0 Å². The molecule has 1 unspecified atom stereocenters. The molecule has 1 aliphatic heterocycles. The van der Waals surface area contributed by atoms with Crippen LogP contribution in [0.15, 0.2) is 24.3 Å². The van der Waals surface area contributed by atoms with Crippen LogP contribution in [0.2, 0.25) is 0 Å². The zero-order chi connectivity index (χ0) is 14.0. The first-order valence-corrected chi connectivity index (χ1v) is 5.81. The lowest BCUT2D eigenvalue weighted by atomic mass is 9.85. The standard InChI is InChI=1S/C13H12BF2NO2/c1-17-8-7-13(19,12(17)18)6-5-10-3-2-4-11(9-10)14(15)16/h2-4,9,19H,7-8H2,1H3. The summed E-state index contributed by atoms with van der Waals surface area (Å²) in [6.45, 7) is 0.432. The zero-order valence-electron chi connectivity index (χ0n) is 10.4. The van der Waals surface area contributed by atoms with E-state index < -0.39 is 18.8 Å². The van der Waals surface area contributed by atoms with Crippen molar-refractivity contribution in [3.05, 3.63) is 29.8 Å². The van der Waals surface area contributed by atoms with E-state index in [1.165, 1.54) is 23.1 Å². The number of hydrogen-bond acceptors (Lipinski definition) is 2. The van der Waals surface area contributed by atoms with Crippen LogP contribution in [0.4, 0.5) is 8.63 Å². The molecule has 3 nitrogen and oxygen atoms in total. The lowest BCUT2D eigenvalue weighted by molar-refractivity contribution is -0.137. The number of rotatable bonds is 1. The Bertz CT molecular complexity index is 567. The van der Waals surface area contributed by atoms with Gasteiger partial charge in [-0.25, -0.2) is 0 Å². The molecular formula is C13H12BF2NO2. The van der Waals surface area contributed by atoms with Crippen LogP contribution in [-0.2, 0) is 4.79 Å². The molecule has 0 aliphatic carbocycles. The van der Waals surface area contributed by atoms with Gasteiger partial charge in [0.15, 0.2) is 0 Å². The SMILES string of the molecule is CN1CCC(O)(C#Cc2cccc(B(F)F)c2)C1=O. The van der Waals surface area contributed by atoms with E-state index in [-0.39, 0.29) is 11.9 Å². The predicted molar refractivity (Wildman–Crippen MR) is 68.1 cm³/mol. The maximum absolute atomic E-state index is 12.5. The Morgan fingerprint density at radius 3 is 2.79 bits per heavy atom. The number of nitrogens with zero attached hydrogens (tertiary/aromatic N) is 1. The average Bonchev–Trinajstić information content (AvgIpc) is 2.65. The van der Waals surface area contributed by atoms with Gasteiger partial charge in [-0.1, -0.05) is 24.0 Å². The van der Waals surface area contributed by atoms with Gasteiger partial charge >= 0.3 is 7.27 Å². The van der Waals surface area contributed by atoms with Gasteiger partial charge in [0, 0.05) is 25.6 Å². The molecule has 1 aromatic carbocycles. The first-order chi connectivity index (χ1) is 8.92. The van der Waals surface area contributed by atoms with E-state index in [9.17, 15) is 18.5 Å². The summed E-state index contributed by atoms with van der Waals surface area (Å²) in [6.07, 6.45) is 0.226. The third kappa shape index (κ3) is 2.77. The van der Waals surface area contributed by atoms with E-state index in [0.29, 0.717) is 12.1 Å². The lowest BCUT2D eigenvalue weighted by Crippen LogP contribution is -2.37. The normalized spacial score (nSPS) is 22.1. The highest BCUT2D eigenvalue weighted by molar-refractivity contribution is 6.59. The highest BCUT2D eigenvalue weighted by Crippen LogP contribution is 2.20. The number of halogens is 2. The van der Waals surface area contributed by atoms with E-state index in [1.54, 1.807) is 13.1 Å². The van der Waals surface area contributed by atoms with Crippen molar-refractivity contribution in [2.75, 3.05) is 13.6 Å².